The molecule has 0 aliphatic carbocycles. The molecule has 8 heteroatoms. The second-order valence-corrected chi connectivity index (χ2v) is 8.33. The second-order valence-electron chi connectivity index (χ2n) is 7.01. The number of nitrogens with zero attached hydrogens (tertiary/aromatic N) is 2. The van der Waals surface area contributed by atoms with Crippen LogP contribution in [0.15, 0.2) is 71.2 Å². The number of hydrogen-bond donors (Lipinski definition) is 1. The summed E-state index contributed by atoms with van der Waals surface area (Å²) < 4.78 is 22.8. The summed E-state index contributed by atoms with van der Waals surface area (Å²) in [6.45, 7) is 1.85. The van der Waals surface area contributed by atoms with E-state index in [9.17, 15) is 14.3 Å². The molecule has 0 amide bonds. The van der Waals surface area contributed by atoms with Crippen molar-refractivity contribution < 1.29 is 19.0 Å². The van der Waals surface area contributed by atoms with Crippen molar-refractivity contribution in [1.82, 2.24) is 9.55 Å². The average Bonchev–Trinajstić information content (AvgIpc) is 3.15. The molecule has 0 spiro atoms. The highest BCUT2D eigenvalue weighted by Gasteiger charge is 2.17. The Bertz CT molecular complexity index is 1300. The number of aromatic nitrogens is 2. The lowest BCUT2D eigenvalue weighted by molar-refractivity contribution is 0.0690. The Morgan fingerprint density at radius 3 is 2.69 bits per heavy atom. The SMILES string of the molecule is Cc1ccc(-c2cc(Br)ccc2OCc2c(F)cccc2Cl)n1-c1cccc(C(=O)O)n1. The van der Waals surface area contributed by atoms with E-state index >= 15 is 0 Å². The number of rotatable bonds is 6. The summed E-state index contributed by atoms with van der Waals surface area (Å²) in [6, 6.07) is 18.6. The van der Waals surface area contributed by atoms with E-state index in [0.717, 1.165) is 21.4 Å². The summed E-state index contributed by atoms with van der Waals surface area (Å²) >= 11 is 9.63. The number of aryl methyl sites for hydroxylation is 1. The van der Waals surface area contributed by atoms with Crippen molar-refractivity contribution in [2.45, 2.75) is 13.5 Å². The van der Waals surface area contributed by atoms with Crippen molar-refractivity contribution in [2.75, 3.05) is 0 Å². The number of ether oxygens (including phenoxy) is 1. The molecule has 0 saturated heterocycles. The molecule has 1 N–H and O–H groups in total. The molecule has 0 fully saturated rings. The standard InChI is InChI=1S/C24H17BrClFN2O3/c1-14-8-10-21(29(14)23-7-3-6-20(28-23)24(30)31)16-12-15(25)9-11-22(16)32-13-17-18(26)4-2-5-19(17)27/h2-12H,13H2,1H3,(H,30,31). The van der Waals surface area contributed by atoms with Gasteiger partial charge in [-0.25, -0.2) is 14.2 Å². The van der Waals surface area contributed by atoms with Gasteiger partial charge in [0.1, 0.15) is 24.0 Å². The maximum atomic E-state index is 14.2. The first-order valence-corrected chi connectivity index (χ1v) is 10.8. The Labute approximate surface area is 197 Å². The van der Waals surface area contributed by atoms with E-state index < -0.39 is 11.8 Å². The van der Waals surface area contributed by atoms with Crippen molar-refractivity contribution in [1.29, 1.82) is 0 Å². The molecule has 162 valence electrons. The van der Waals surface area contributed by atoms with E-state index in [0.29, 0.717) is 11.6 Å². The first kappa shape index (κ1) is 22.0. The quantitative estimate of drug-likeness (QED) is 0.311. The Kier molecular flexibility index (Phi) is 6.30. The van der Waals surface area contributed by atoms with Crippen LogP contribution in [0.25, 0.3) is 17.1 Å². The van der Waals surface area contributed by atoms with Crippen LogP contribution in [0.5, 0.6) is 5.75 Å². The third-order valence-corrected chi connectivity index (χ3v) is 5.76. The van der Waals surface area contributed by atoms with E-state index in [2.05, 4.69) is 20.9 Å². The molecule has 2 aromatic carbocycles. The fraction of sp³-hybridized carbons (Fsp3) is 0.0833. The van der Waals surface area contributed by atoms with E-state index in [1.54, 1.807) is 30.3 Å². The smallest absolute Gasteiger partial charge is 0.354 e. The van der Waals surface area contributed by atoms with Crippen LogP contribution in [0.1, 0.15) is 21.7 Å². The van der Waals surface area contributed by atoms with E-state index in [4.69, 9.17) is 16.3 Å². The summed E-state index contributed by atoms with van der Waals surface area (Å²) in [6.07, 6.45) is 0. The van der Waals surface area contributed by atoms with Crippen molar-refractivity contribution in [3.8, 4) is 22.8 Å². The summed E-state index contributed by atoms with van der Waals surface area (Å²) in [4.78, 5) is 15.7. The fourth-order valence-electron chi connectivity index (χ4n) is 3.37. The molecule has 4 aromatic rings. The van der Waals surface area contributed by atoms with Crippen LogP contribution in [-0.4, -0.2) is 20.6 Å². The molecule has 0 atom stereocenters. The summed E-state index contributed by atoms with van der Waals surface area (Å²) in [5, 5.41) is 9.62. The fourth-order valence-corrected chi connectivity index (χ4v) is 3.95. The maximum absolute atomic E-state index is 14.2. The average molecular weight is 516 g/mol. The van der Waals surface area contributed by atoms with Crippen LogP contribution in [-0.2, 0) is 6.61 Å². The van der Waals surface area contributed by atoms with Gasteiger partial charge in [0.2, 0.25) is 0 Å². The van der Waals surface area contributed by atoms with E-state index in [1.165, 1.54) is 12.1 Å². The Morgan fingerprint density at radius 2 is 1.94 bits per heavy atom. The van der Waals surface area contributed by atoms with Crippen LogP contribution in [0.4, 0.5) is 4.39 Å². The first-order chi connectivity index (χ1) is 15.3. The molecule has 0 radical (unpaired) electrons. The Balaban J connectivity index is 1.78. The number of carboxylic acids is 1. The number of carboxylic acid groups (broad SMARTS) is 1. The number of pyridine rings is 1. The van der Waals surface area contributed by atoms with Crippen molar-refractivity contribution in [3.05, 3.63) is 99.0 Å². The zero-order valence-corrected chi connectivity index (χ0v) is 19.2. The van der Waals surface area contributed by atoms with Gasteiger partial charge in [-0.1, -0.05) is 39.7 Å². The van der Waals surface area contributed by atoms with Crippen LogP contribution < -0.4 is 4.74 Å². The molecule has 0 unspecified atom stereocenters. The van der Waals surface area contributed by atoms with Gasteiger partial charge >= 0.3 is 5.97 Å². The number of hydrogen-bond acceptors (Lipinski definition) is 3. The monoisotopic (exact) mass is 514 g/mol. The van der Waals surface area contributed by atoms with Crippen LogP contribution >= 0.6 is 27.5 Å². The molecular weight excluding hydrogens is 499 g/mol. The summed E-state index contributed by atoms with van der Waals surface area (Å²) in [7, 11) is 0. The largest absolute Gasteiger partial charge is 0.488 e. The van der Waals surface area contributed by atoms with Gasteiger partial charge in [0.05, 0.1) is 10.7 Å². The highest BCUT2D eigenvalue weighted by atomic mass is 79.9. The summed E-state index contributed by atoms with van der Waals surface area (Å²) in [5.74, 6) is -0.566. The van der Waals surface area contributed by atoms with Crippen LogP contribution in [0.3, 0.4) is 0 Å². The number of benzene rings is 2. The number of halogens is 3. The number of aromatic carboxylic acids is 1. The Hall–Kier alpha value is -3.16. The minimum atomic E-state index is -1.11. The maximum Gasteiger partial charge on any atom is 0.354 e. The molecule has 0 aliphatic heterocycles. The first-order valence-electron chi connectivity index (χ1n) is 9.60. The third-order valence-electron chi connectivity index (χ3n) is 4.91. The van der Waals surface area contributed by atoms with Gasteiger partial charge in [0.25, 0.3) is 0 Å². The molecule has 0 aliphatic rings. The third kappa shape index (κ3) is 4.40. The molecular formula is C24H17BrClFN2O3. The minimum Gasteiger partial charge on any atom is -0.488 e. The van der Waals surface area contributed by atoms with E-state index in [-0.39, 0.29) is 22.9 Å². The minimum absolute atomic E-state index is 0.0490. The van der Waals surface area contributed by atoms with E-state index in [1.807, 2.05) is 35.8 Å². The van der Waals surface area contributed by atoms with Gasteiger partial charge < -0.3 is 9.84 Å². The Morgan fingerprint density at radius 1 is 1.16 bits per heavy atom. The molecule has 2 heterocycles. The highest BCUT2D eigenvalue weighted by Crippen LogP contribution is 2.36. The topological polar surface area (TPSA) is 64.3 Å². The molecule has 32 heavy (non-hydrogen) atoms. The molecule has 2 aromatic heterocycles. The molecule has 5 nitrogen and oxygen atoms in total. The lowest BCUT2D eigenvalue weighted by atomic mass is 10.1. The zero-order valence-electron chi connectivity index (χ0n) is 16.8. The lowest BCUT2D eigenvalue weighted by Gasteiger charge is -2.16. The second kappa shape index (κ2) is 9.14. The number of carbonyl (C=O) groups is 1. The van der Waals surface area contributed by atoms with Gasteiger partial charge in [0.15, 0.2) is 5.69 Å². The van der Waals surface area contributed by atoms with Gasteiger partial charge in [-0.2, -0.15) is 0 Å². The van der Waals surface area contributed by atoms with Crippen LogP contribution in [0.2, 0.25) is 5.02 Å². The van der Waals surface area contributed by atoms with Gasteiger partial charge in [0, 0.05) is 21.3 Å². The normalized spacial score (nSPS) is 10.9. The van der Waals surface area contributed by atoms with Gasteiger partial charge in [-0.3, -0.25) is 4.57 Å². The zero-order chi connectivity index (χ0) is 22.8. The lowest BCUT2D eigenvalue weighted by Crippen LogP contribution is -2.07. The summed E-state index contributed by atoms with van der Waals surface area (Å²) in [5.41, 5.74) is 2.54. The molecule has 0 saturated carbocycles. The molecule has 0 bridgehead atoms. The van der Waals surface area contributed by atoms with Crippen molar-refractivity contribution in [3.63, 3.8) is 0 Å². The van der Waals surface area contributed by atoms with Crippen LogP contribution in [0, 0.1) is 12.7 Å². The molecule has 4 rings (SSSR count). The van der Waals surface area contributed by atoms with Gasteiger partial charge in [-0.05, 0) is 61.5 Å². The van der Waals surface area contributed by atoms with Crippen molar-refractivity contribution >= 4 is 33.5 Å². The predicted octanol–water partition coefficient (Wildman–Crippen LogP) is 6.68. The van der Waals surface area contributed by atoms with Gasteiger partial charge in [-0.15, -0.1) is 0 Å². The van der Waals surface area contributed by atoms with Crippen molar-refractivity contribution in [2.24, 2.45) is 0 Å². The highest BCUT2D eigenvalue weighted by molar-refractivity contribution is 9.10. The predicted molar refractivity (Wildman–Crippen MR) is 124 cm³/mol.